The number of benzene rings is 3. The number of nitrogens with zero attached hydrogens (tertiary/aromatic N) is 1. The molecule has 0 saturated heterocycles. The van der Waals surface area contributed by atoms with E-state index in [1.54, 1.807) is 42.5 Å². The summed E-state index contributed by atoms with van der Waals surface area (Å²) < 4.78 is 33.1. The lowest BCUT2D eigenvalue weighted by Crippen LogP contribution is -2.38. The number of nitrogens with one attached hydrogen (secondary N) is 1. The Kier molecular flexibility index (Phi) is 6.97. The van der Waals surface area contributed by atoms with E-state index in [9.17, 15) is 13.2 Å². The van der Waals surface area contributed by atoms with Gasteiger partial charge in [0.15, 0.2) is 0 Å². The number of sulfonamides is 1. The van der Waals surface area contributed by atoms with Crippen molar-refractivity contribution in [2.45, 2.75) is 25.2 Å². The normalized spacial score (nSPS) is 11.1. The molecule has 0 aliphatic carbocycles. The van der Waals surface area contributed by atoms with Gasteiger partial charge in [-0.3, -0.25) is 9.10 Å². The predicted octanol–water partition coefficient (Wildman–Crippen LogP) is 4.40. The number of methoxy groups -OCH3 is 1. The number of aryl methyl sites for hydroxylation is 2. The van der Waals surface area contributed by atoms with Gasteiger partial charge in [-0.2, -0.15) is 0 Å². The Morgan fingerprint density at radius 2 is 1.65 bits per heavy atom. The van der Waals surface area contributed by atoms with Gasteiger partial charge in [0.1, 0.15) is 12.3 Å². The van der Waals surface area contributed by atoms with Crippen LogP contribution in [0.2, 0.25) is 0 Å². The summed E-state index contributed by atoms with van der Waals surface area (Å²) in [6, 6.07) is 20.5. The van der Waals surface area contributed by atoms with Gasteiger partial charge in [0, 0.05) is 5.69 Å². The fourth-order valence-corrected chi connectivity index (χ4v) is 4.72. The zero-order chi connectivity index (χ0) is 22.4. The minimum Gasteiger partial charge on any atom is -0.497 e. The van der Waals surface area contributed by atoms with Gasteiger partial charge in [0.05, 0.1) is 17.7 Å². The highest BCUT2D eigenvalue weighted by molar-refractivity contribution is 7.92. The van der Waals surface area contributed by atoms with E-state index in [4.69, 9.17) is 4.74 Å². The van der Waals surface area contributed by atoms with Crippen molar-refractivity contribution in [3.63, 3.8) is 0 Å². The Labute approximate surface area is 183 Å². The number of para-hydroxylation sites is 2. The monoisotopic (exact) mass is 438 g/mol. The molecule has 0 aromatic heterocycles. The molecule has 6 nitrogen and oxygen atoms in total. The van der Waals surface area contributed by atoms with Crippen LogP contribution < -0.4 is 14.4 Å². The van der Waals surface area contributed by atoms with Crippen LogP contribution in [0.5, 0.6) is 5.75 Å². The van der Waals surface area contributed by atoms with Crippen molar-refractivity contribution in [3.8, 4) is 5.75 Å². The third kappa shape index (κ3) is 5.06. The van der Waals surface area contributed by atoms with Crippen molar-refractivity contribution < 1.29 is 17.9 Å². The Morgan fingerprint density at radius 3 is 2.26 bits per heavy atom. The molecular weight excluding hydrogens is 412 g/mol. The third-order valence-corrected chi connectivity index (χ3v) is 6.77. The number of amides is 1. The highest BCUT2D eigenvalue weighted by atomic mass is 32.2. The number of carbonyl (C=O) groups is 1. The molecule has 0 spiro atoms. The van der Waals surface area contributed by atoms with Gasteiger partial charge in [-0.05, 0) is 60.9 Å². The molecule has 1 N–H and O–H groups in total. The van der Waals surface area contributed by atoms with Crippen LogP contribution in [-0.2, 0) is 21.2 Å². The van der Waals surface area contributed by atoms with E-state index >= 15 is 0 Å². The molecular formula is C24H26N2O4S. The van der Waals surface area contributed by atoms with Crippen LogP contribution in [0.15, 0.2) is 77.7 Å². The van der Waals surface area contributed by atoms with Crippen LogP contribution in [-0.4, -0.2) is 28.0 Å². The van der Waals surface area contributed by atoms with Gasteiger partial charge in [-0.25, -0.2) is 8.42 Å². The Hall–Kier alpha value is -3.32. The third-order valence-electron chi connectivity index (χ3n) is 4.98. The molecule has 0 unspecified atom stereocenters. The summed E-state index contributed by atoms with van der Waals surface area (Å²) in [6.45, 7) is 3.57. The fraction of sp³-hybridized carbons (Fsp3) is 0.208. The summed E-state index contributed by atoms with van der Waals surface area (Å²) in [6.07, 6.45) is 0.754. The van der Waals surface area contributed by atoms with Crippen molar-refractivity contribution in [2.24, 2.45) is 0 Å². The number of hydrogen-bond acceptors (Lipinski definition) is 4. The van der Waals surface area contributed by atoms with E-state index in [-0.39, 0.29) is 11.4 Å². The van der Waals surface area contributed by atoms with E-state index in [0.29, 0.717) is 11.4 Å². The molecule has 0 heterocycles. The van der Waals surface area contributed by atoms with Gasteiger partial charge in [-0.15, -0.1) is 0 Å². The van der Waals surface area contributed by atoms with Crippen molar-refractivity contribution in [1.82, 2.24) is 0 Å². The second-order valence-electron chi connectivity index (χ2n) is 7.03. The molecule has 31 heavy (non-hydrogen) atoms. The number of anilines is 2. The van der Waals surface area contributed by atoms with Crippen molar-refractivity contribution in [2.75, 3.05) is 23.3 Å². The maximum atomic E-state index is 13.4. The first-order valence-corrected chi connectivity index (χ1v) is 11.4. The molecule has 1 amide bonds. The first-order chi connectivity index (χ1) is 14.9. The molecule has 0 radical (unpaired) electrons. The van der Waals surface area contributed by atoms with Crippen molar-refractivity contribution >= 4 is 27.3 Å². The largest absolute Gasteiger partial charge is 0.497 e. The molecule has 0 saturated carbocycles. The average molecular weight is 439 g/mol. The summed E-state index contributed by atoms with van der Waals surface area (Å²) >= 11 is 0. The van der Waals surface area contributed by atoms with Crippen LogP contribution in [0.1, 0.15) is 18.1 Å². The second kappa shape index (κ2) is 9.66. The van der Waals surface area contributed by atoms with Gasteiger partial charge in [-0.1, -0.05) is 43.3 Å². The molecule has 7 heteroatoms. The molecule has 0 bridgehead atoms. The lowest BCUT2D eigenvalue weighted by molar-refractivity contribution is -0.114. The highest BCUT2D eigenvalue weighted by Gasteiger charge is 2.27. The summed E-state index contributed by atoms with van der Waals surface area (Å²) in [4.78, 5) is 13.0. The molecule has 0 atom stereocenters. The topological polar surface area (TPSA) is 75.7 Å². The fourth-order valence-electron chi connectivity index (χ4n) is 3.30. The number of hydrogen-bond donors (Lipinski definition) is 1. The van der Waals surface area contributed by atoms with Crippen LogP contribution in [0.25, 0.3) is 0 Å². The lowest BCUT2D eigenvalue weighted by Gasteiger charge is -2.24. The summed E-state index contributed by atoms with van der Waals surface area (Å²) in [5.74, 6) is 0.138. The minimum atomic E-state index is -3.98. The van der Waals surface area contributed by atoms with Gasteiger partial charge < -0.3 is 10.1 Å². The Morgan fingerprint density at radius 1 is 0.968 bits per heavy atom. The zero-order valence-corrected chi connectivity index (χ0v) is 18.6. The van der Waals surface area contributed by atoms with E-state index in [2.05, 4.69) is 5.32 Å². The van der Waals surface area contributed by atoms with E-state index in [1.165, 1.54) is 19.2 Å². The lowest BCUT2D eigenvalue weighted by atomic mass is 10.1. The number of rotatable bonds is 8. The Bertz CT molecular complexity index is 1140. The molecule has 0 aliphatic rings. The van der Waals surface area contributed by atoms with Crippen LogP contribution in [0, 0.1) is 6.92 Å². The molecule has 3 aromatic carbocycles. The SMILES string of the molecule is CCc1cccc(C)c1NC(=O)CN(c1ccccc1)S(=O)(=O)c1ccc(OC)cc1. The smallest absolute Gasteiger partial charge is 0.264 e. The quantitative estimate of drug-likeness (QED) is 0.566. The zero-order valence-electron chi connectivity index (χ0n) is 17.8. The standard InChI is InChI=1S/C24H26N2O4S/c1-4-19-10-8-9-18(2)24(19)25-23(27)17-26(20-11-6-5-7-12-20)31(28,29)22-15-13-21(30-3)14-16-22/h5-16H,4,17H2,1-3H3,(H,25,27). The van der Waals surface area contributed by atoms with Gasteiger partial charge in [0.25, 0.3) is 10.0 Å². The number of carbonyl (C=O) groups excluding carboxylic acids is 1. The minimum absolute atomic E-state index is 0.0788. The second-order valence-corrected chi connectivity index (χ2v) is 8.90. The molecule has 0 aliphatic heterocycles. The van der Waals surface area contributed by atoms with Gasteiger partial charge in [0.2, 0.25) is 5.91 Å². The van der Waals surface area contributed by atoms with E-state index in [1.807, 2.05) is 32.0 Å². The average Bonchev–Trinajstić information content (AvgIpc) is 2.79. The van der Waals surface area contributed by atoms with Gasteiger partial charge >= 0.3 is 0 Å². The maximum absolute atomic E-state index is 13.4. The predicted molar refractivity (Wildman–Crippen MR) is 123 cm³/mol. The Balaban J connectivity index is 1.94. The van der Waals surface area contributed by atoms with E-state index in [0.717, 1.165) is 27.5 Å². The molecule has 3 aromatic rings. The summed E-state index contributed by atoms with van der Waals surface area (Å²) in [5, 5.41) is 2.91. The summed E-state index contributed by atoms with van der Waals surface area (Å²) in [7, 11) is -2.46. The van der Waals surface area contributed by atoms with Crippen LogP contribution in [0.3, 0.4) is 0 Å². The maximum Gasteiger partial charge on any atom is 0.264 e. The van der Waals surface area contributed by atoms with Crippen LogP contribution in [0.4, 0.5) is 11.4 Å². The highest BCUT2D eigenvalue weighted by Crippen LogP contribution is 2.26. The summed E-state index contributed by atoms with van der Waals surface area (Å²) in [5.41, 5.74) is 3.06. The van der Waals surface area contributed by atoms with Crippen molar-refractivity contribution in [3.05, 3.63) is 83.9 Å². The first-order valence-electron chi connectivity index (χ1n) is 9.97. The van der Waals surface area contributed by atoms with E-state index < -0.39 is 15.9 Å². The molecule has 0 fully saturated rings. The number of ether oxygens (including phenoxy) is 1. The van der Waals surface area contributed by atoms with Crippen LogP contribution >= 0.6 is 0 Å². The first kappa shape index (κ1) is 22.4. The molecule has 162 valence electrons. The van der Waals surface area contributed by atoms with Crippen molar-refractivity contribution in [1.29, 1.82) is 0 Å². The molecule has 3 rings (SSSR count).